The van der Waals surface area contributed by atoms with Crippen molar-refractivity contribution in [2.24, 2.45) is 5.92 Å². The standard InChI is InChI=1S/C19H19ClN2O3/c1-25-17-5-3-2-4-13(17)11-21-19(24)14-10-18(23)22(12-14)16-8-6-15(20)7-9-16/h2-9,14H,10-12H2,1H3,(H,21,24). The third-order valence-corrected chi connectivity index (χ3v) is 4.53. The fourth-order valence-electron chi connectivity index (χ4n) is 2.93. The zero-order valence-electron chi connectivity index (χ0n) is 13.9. The number of rotatable bonds is 5. The van der Waals surface area contributed by atoms with Crippen LogP contribution in [0.1, 0.15) is 12.0 Å². The maximum absolute atomic E-state index is 12.4. The number of carbonyl (C=O) groups excluding carboxylic acids is 2. The summed E-state index contributed by atoms with van der Waals surface area (Å²) in [6, 6.07) is 14.6. The van der Waals surface area contributed by atoms with Gasteiger partial charge < -0.3 is 15.0 Å². The minimum Gasteiger partial charge on any atom is -0.496 e. The van der Waals surface area contributed by atoms with Crippen LogP contribution >= 0.6 is 11.6 Å². The summed E-state index contributed by atoms with van der Waals surface area (Å²) >= 11 is 5.88. The molecule has 1 heterocycles. The minimum absolute atomic E-state index is 0.0558. The molecule has 1 atom stereocenters. The van der Waals surface area contributed by atoms with Crippen molar-refractivity contribution in [3.63, 3.8) is 0 Å². The third kappa shape index (κ3) is 3.94. The molecule has 25 heavy (non-hydrogen) atoms. The monoisotopic (exact) mass is 358 g/mol. The van der Waals surface area contributed by atoms with E-state index >= 15 is 0 Å². The Balaban J connectivity index is 1.62. The van der Waals surface area contributed by atoms with Crippen molar-refractivity contribution in [3.05, 3.63) is 59.1 Å². The Morgan fingerprint density at radius 3 is 2.68 bits per heavy atom. The van der Waals surface area contributed by atoms with Crippen LogP contribution in [0.4, 0.5) is 5.69 Å². The van der Waals surface area contributed by atoms with Gasteiger partial charge in [-0.3, -0.25) is 9.59 Å². The quantitative estimate of drug-likeness (QED) is 0.893. The first-order valence-electron chi connectivity index (χ1n) is 8.04. The summed E-state index contributed by atoms with van der Waals surface area (Å²) in [5.74, 6) is 0.182. The van der Waals surface area contributed by atoms with Gasteiger partial charge in [0.05, 0.1) is 13.0 Å². The highest BCUT2D eigenvalue weighted by Crippen LogP contribution is 2.26. The van der Waals surface area contributed by atoms with Gasteiger partial charge in [0.1, 0.15) is 5.75 Å². The van der Waals surface area contributed by atoms with E-state index in [1.165, 1.54) is 0 Å². The zero-order valence-corrected chi connectivity index (χ0v) is 14.6. The summed E-state index contributed by atoms with van der Waals surface area (Å²) in [6.45, 7) is 0.743. The van der Waals surface area contributed by atoms with Gasteiger partial charge in [-0.1, -0.05) is 29.8 Å². The van der Waals surface area contributed by atoms with Crippen LogP contribution in [0.2, 0.25) is 5.02 Å². The van der Waals surface area contributed by atoms with Crippen LogP contribution in [0.3, 0.4) is 0 Å². The minimum atomic E-state index is -0.363. The average molecular weight is 359 g/mol. The highest BCUT2D eigenvalue weighted by Gasteiger charge is 2.35. The van der Waals surface area contributed by atoms with Gasteiger partial charge in [-0.05, 0) is 30.3 Å². The van der Waals surface area contributed by atoms with Crippen LogP contribution in [0.5, 0.6) is 5.75 Å². The van der Waals surface area contributed by atoms with E-state index in [1.807, 2.05) is 24.3 Å². The van der Waals surface area contributed by atoms with Gasteiger partial charge in [-0.15, -0.1) is 0 Å². The summed E-state index contributed by atoms with van der Waals surface area (Å²) in [5, 5.41) is 3.51. The highest BCUT2D eigenvalue weighted by molar-refractivity contribution is 6.30. The number of nitrogens with one attached hydrogen (secondary N) is 1. The summed E-state index contributed by atoms with van der Waals surface area (Å²) in [6.07, 6.45) is 0.209. The number of anilines is 1. The Hall–Kier alpha value is -2.53. The van der Waals surface area contributed by atoms with Crippen LogP contribution in [-0.2, 0) is 16.1 Å². The Bertz CT molecular complexity index is 776. The average Bonchev–Trinajstić information content (AvgIpc) is 3.02. The molecule has 1 aliphatic rings. The molecule has 1 aliphatic heterocycles. The van der Waals surface area contributed by atoms with Gasteiger partial charge in [0.2, 0.25) is 11.8 Å². The summed E-state index contributed by atoms with van der Waals surface area (Å²) in [7, 11) is 1.60. The maximum Gasteiger partial charge on any atom is 0.227 e. The second-order valence-corrected chi connectivity index (χ2v) is 6.35. The summed E-state index contributed by atoms with van der Waals surface area (Å²) < 4.78 is 5.28. The molecule has 0 saturated carbocycles. The summed E-state index contributed by atoms with van der Waals surface area (Å²) in [5.41, 5.74) is 1.66. The lowest BCUT2D eigenvalue weighted by Crippen LogP contribution is -2.32. The van der Waals surface area contributed by atoms with E-state index in [9.17, 15) is 9.59 Å². The molecule has 6 heteroatoms. The molecular formula is C19H19ClN2O3. The lowest BCUT2D eigenvalue weighted by Gasteiger charge is -2.17. The van der Waals surface area contributed by atoms with Crippen molar-refractivity contribution < 1.29 is 14.3 Å². The second kappa shape index (κ2) is 7.57. The van der Waals surface area contributed by atoms with Crippen LogP contribution < -0.4 is 15.0 Å². The molecule has 5 nitrogen and oxygen atoms in total. The van der Waals surface area contributed by atoms with E-state index in [4.69, 9.17) is 16.3 Å². The van der Waals surface area contributed by atoms with E-state index in [2.05, 4.69) is 5.32 Å². The van der Waals surface area contributed by atoms with Crippen molar-refractivity contribution in [2.45, 2.75) is 13.0 Å². The molecule has 1 fully saturated rings. The lowest BCUT2D eigenvalue weighted by atomic mass is 10.1. The smallest absolute Gasteiger partial charge is 0.227 e. The molecule has 0 bridgehead atoms. The predicted molar refractivity (Wildman–Crippen MR) is 96.8 cm³/mol. The number of ether oxygens (including phenoxy) is 1. The van der Waals surface area contributed by atoms with Crippen molar-refractivity contribution in [1.82, 2.24) is 5.32 Å². The van der Waals surface area contributed by atoms with Gasteiger partial charge in [0.25, 0.3) is 0 Å². The molecule has 0 spiro atoms. The van der Waals surface area contributed by atoms with Gasteiger partial charge in [-0.25, -0.2) is 0 Å². The molecule has 130 valence electrons. The largest absolute Gasteiger partial charge is 0.496 e. The normalized spacial score (nSPS) is 16.8. The molecule has 1 N–H and O–H groups in total. The van der Waals surface area contributed by atoms with Crippen LogP contribution in [0.15, 0.2) is 48.5 Å². The second-order valence-electron chi connectivity index (χ2n) is 5.91. The van der Waals surface area contributed by atoms with Crippen molar-refractivity contribution in [3.8, 4) is 5.75 Å². The Morgan fingerprint density at radius 1 is 1.24 bits per heavy atom. The predicted octanol–water partition coefficient (Wildman–Crippen LogP) is 3.02. The topological polar surface area (TPSA) is 58.6 Å². The van der Waals surface area contributed by atoms with Crippen molar-refractivity contribution >= 4 is 29.1 Å². The fraction of sp³-hybridized carbons (Fsp3) is 0.263. The fourth-order valence-corrected chi connectivity index (χ4v) is 3.06. The molecular weight excluding hydrogens is 340 g/mol. The highest BCUT2D eigenvalue weighted by atomic mass is 35.5. The molecule has 2 aromatic carbocycles. The van der Waals surface area contributed by atoms with Gasteiger partial charge in [-0.2, -0.15) is 0 Å². The third-order valence-electron chi connectivity index (χ3n) is 4.28. The number of carbonyl (C=O) groups is 2. The lowest BCUT2D eigenvalue weighted by molar-refractivity contribution is -0.126. The molecule has 3 rings (SSSR count). The number of halogens is 1. The van der Waals surface area contributed by atoms with E-state index in [0.717, 1.165) is 17.0 Å². The Labute approximate surface area is 151 Å². The van der Waals surface area contributed by atoms with Crippen molar-refractivity contribution in [1.29, 1.82) is 0 Å². The number of hydrogen-bond acceptors (Lipinski definition) is 3. The SMILES string of the molecule is COc1ccccc1CNC(=O)C1CC(=O)N(c2ccc(Cl)cc2)C1. The first-order valence-corrected chi connectivity index (χ1v) is 8.42. The van der Waals surface area contributed by atoms with Crippen LogP contribution in [0, 0.1) is 5.92 Å². The molecule has 0 radical (unpaired) electrons. The molecule has 0 aliphatic carbocycles. The molecule has 0 aromatic heterocycles. The first-order chi connectivity index (χ1) is 12.1. The van der Waals surface area contributed by atoms with Gasteiger partial charge >= 0.3 is 0 Å². The molecule has 2 amide bonds. The van der Waals surface area contributed by atoms with E-state index in [0.29, 0.717) is 18.1 Å². The Kier molecular flexibility index (Phi) is 5.24. The van der Waals surface area contributed by atoms with Crippen LogP contribution in [0.25, 0.3) is 0 Å². The van der Waals surface area contributed by atoms with Gasteiger partial charge in [0.15, 0.2) is 0 Å². The first kappa shape index (κ1) is 17.3. The Morgan fingerprint density at radius 2 is 1.96 bits per heavy atom. The number of para-hydroxylation sites is 1. The summed E-state index contributed by atoms with van der Waals surface area (Å²) in [4.78, 5) is 26.3. The molecule has 2 aromatic rings. The zero-order chi connectivity index (χ0) is 17.8. The molecule has 1 unspecified atom stereocenters. The van der Waals surface area contributed by atoms with E-state index in [-0.39, 0.29) is 24.2 Å². The van der Waals surface area contributed by atoms with Gasteiger partial charge in [0, 0.05) is 35.8 Å². The number of nitrogens with zero attached hydrogens (tertiary/aromatic N) is 1. The van der Waals surface area contributed by atoms with Crippen LogP contribution in [-0.4, -0.2) is 25.5 Å². The van der Waals surface area contributed by atoms with E-state index < -0.39 is 0 Å². The van der Waals surface area contributed by atoms with E-state index in [1.54, 1.807) is 36.3 Å². The number of methoxy groups -OCH3 is 1. The number of benzene rings is 2. The van der Waals surface area contributed by atoms with Crippen molar-refractivity contribution in [2.75, 3.05) is 18.6 Å². The number of amides is 2. The maximum atomic E-state index is 12.4. The molecule has 1 saturated heterocycles. The number of hydrogen-bond donors (Lipinski definition) is 1.